The van der Waals surface area contributed by atoms with Crippen LogP contribution in [0.25, 0.3) is 22.3 Å². The fraction of sp³-hybridized carbons (Fsp3) is 0.364. The first-order valence-electron chi connectivity index (χ1n) is 18.9. The Morgan fingerprint density at radius 3 is 1.61 bits per heavy atom. The van der Waals surface area contributed by atoms with E-state index in [4.69, 9.17) is 20.3 Å². The first-order chi connectivity index (χ1) is 27.4. The second-order valence-corrected chi connectivity index (χ2v) is 13.5. The second kappa shape index (κ2) is 24.2. The van der Waals surface area contributed by atoms with E-state index in [2.05, 4.69) is 5.32 Å². The zero-order valence-electron chi connectivity index (χ0n) is 32.2. The van der Waals surface area contributed by atoms with Gasteiger partial charge < -0.3 is 35.8 Å². The first kappa shape index (κ1) is 45.9. The number of rotatable bonds is 19. The zero-order chi connectivity index (χ0) is 41.7. The number of esters is 2. The molecule has 0 saturated heterocycles. The van der Waals surface area contributed by atoms with Gasteiger partial charge >= 0.3 is 23.8 Å². The quantitative estimate of drug-likeness (QED) is 0.0437. The highest BCUT2D eigenvalue weighted by Crippen LogP contribution is 2.25. The third kappa shape index (κ3) is 15.2. The van der Waals surface area contributed by atoms with Crippen LogP contribution < -0.4 is 11.1 Å². The molecule has 4 atom stereocenters. The van der Waals surface area contributed by atoms with Crippen LogP contribution >= 0.6 is 0 Å². The van der Waals surface area contributed by atoms with Gasteiger partial charge in [-0.3, -0.25) is 14.4 Å². The van der Waals surface area contributed by atoms with Crippen molar-refractivity contribution in [3.8, 4) is 22.3 Å². The van der Waals surface area contributed by atoms with Crippen LogP contribution in [0.1, 0.15) is 50.7 Å². The number of carboxylic acids is 1. The number of aliphatic hydroxyl groups excluding tert-OH is 2. The zero-order valence-corrected chi connectivity index (χ0v) is 32.2. The lowest BCUT2D eigenvalue weighted by Crippen LogP contribution is -2.43. The number of benzene rings is 4. The normalized spacial score (nSPS) is 12.9. The Labute approximate surface area is 331 Å². The summed E-state index contributed by atoms with van der Waals surface area (Å²) in [6.07, 6.45) is 2.68. The van der Waals surface area contributed by atoms with Gasteiger partial charge in [0.2, 0.25) is 0 Å². The summed E-state index contributed by atoms with van der Waals surface area (Å²) in [4.78, 5) is 46.7. The van der Waals surface area contributed by atoms with Crippen molar-refractivity contribution in [3.63, 3.8) is 0 Å². The van der Waals surface area contributed by atoms with Crippen LogP contribution in [0.2, 0.25) is 0 Å². The van der Waals surface area contributed by atoms with Crippen LogP contribution in [0, 0.1) is 23.5 Å². The number of halogens is 2. The van der Waals surface area contributed by atoms with E-state index in [-0.39, 0.29) is 50.3 Å². The fourth-order valence-corrected chi connectivity index (χ4v) is 6.04. The lowest BCUT2D eigenvalue weighted by atomic mass is 9.94. The Morgan fingerprint density at radius 2 is 1.16 bits per heavy atom. The molecule has 0 aliphatic heterocycles. The molecule has 0 bridgehead atoms. The predicted octanol–water partition coefficient (Wildman–Crippen LogP) is 5.87. The molecule has 4 rings (SSSR count). The van der Waals surface area contributed by atoms with Gasteiger partial charge in [-0.25, -0.2) is 13.6 Å². The molecule has 11 nitrogen and oxygen atoms in total. The van der Waals surface area contributed by atoms with Crippen molar-refractivity contribution >= 4 is 23.8 Å². The van der Waals surface area contributed by atoms with Gasteiger partial charge in [-0.1, -0.05) is 98.3 Å². The average molecular weight is 791 g/mol. The summed E-state index contributed by atoms with van der Waals surface area (Å²) >= 11 is 0. The Bertz CT molecular complexity index is 1870. The molecule has 0 spiro atoms. The number of nitrogens with two attached hydrogens (primary N) is 1. The summed E-state index contributed by atoms with van der Waals surface area (Å²) in [6.45, 7) is 3.42. The van der Waals surface area contributed by atoms with Crippen molar-refractivity contribution in [1.29, 1.82) is 0 Å². The number of unbranched alkanes of at least 4 members (excludes halogenated alkanes) is 1. The largest absolute Gasteiger partial charge is 0.474 e. The van der Waals surface area contributed by atoms with Gasteiger partial charge in [0.15, 0.2) is 0 Å². The number of nitrogens with one attached hydrogen (secondary N) is 1. The summed E-state index contributed by atoms with van der Waals surface area (Å²) in [5.41, 5.74) is 10.3. The van der Waals surface area contributed by atoms with E-state index in [1.807, 2.05) is 31.2 Å². The van der Waals surface area contributed by atoms with E-state index in [9.17, 15) is 38.2 Å². The molecule has 0 radical (unpaired) electrons. The third-order valence-electron chi connectivity index (χ3n) is 9.08. The summed E-state index contributed by atoms with van der Waals surface area (Å²) in [6, 6.07) is 26.5. The Balaban J connectivity index is 0.000000315. The molecule has 0 fully saturated rings. The molecule has 4 aromatic carbocycles. The number of amides is 1. The van der Waals surface area contributed by atoms with E-state index in [1.165, 1.54) is 12.1 Å². The van der Waals surface area contributed by atoms with E-state index in [1.54, 1.807) is 67.6 Å². The van der Waals surface area contributed by atoms with E-state index >= 15 is 0 Å². The van der Waals surface area contributed by atoms with Gasteiger partial charge in [-0.05, 0) is 73.4 Å². The number of hydrogen-bond acceptors (Lipinski definition) is 9. The number of aliphatic hydroxyl groups is 2. The molecule has 0 aliphatic carbocycles. The number of ether oxygens (including phenoxy) is 2. The number of hydrogen-bond donors (Lipinski definition) is 5. The maximum atomic E-state index is 14.0. The topological polar surface area (TPSA) is 185 Å². The van der Waals surface area contributed by atoms with Crippen molar-refractivity contribution in [3.05, 3.63) is 120 Å². The van der Waals surface area contributed by atoms with Crippen LogP contribution in [-0.4, -0.2) is 77.6 Å². The summed E-state index contributed by atoms with van der Waals surface area (Å²) < 4.78 is 37.9. The smallest absolute Gasteiger partial charge is 0.394 e. The monoisotopic (exact) mass is 790 g/mol. The number of aliphatic carboxylic acids is 1. The molecular weight excluding hydrogens is 738 g/mol. The number of carbonyl (C=O) groups excluding carboxylic acids is 3. The molecule has 0 aliphatic rings. The maximum absolute atomic E-state index is 14.0. The molecular formula is C44H52F2N2O9. The van der Waals surface area contributed by atoms with Crippen LogP contribution in [0.4, 0.5) is 8.78 Å². The fourth-order valence-electron chi connectivity index (χ4n) is 6.04. The van der Waals surface area contributed by atoms with Crippen molar-refractivity contribution in [2.24, 2.45) is 17.6 Å². The molecule has 0 heterocycles. The van der Waals surface area contributed by atoms with Gasteiger partial charge in [0.05, 0.1) is 38.3 Å². The molecule has 6 N–H and O–H groups in total. The number of carboxylic acid groups (broad SMARTS) is 1. The maximum Gasteiger partial charge on any atom is 0.394 e. The van der Waals surface area contributed by atoms with Crippen molar-refractivity contribution in [2.45, 2.75) is 64.5 Å². The standard InChI is InChI=1S/C24H28FNO6.C20H24FNO3/c1-2-3-12-32-24(31)18(15-27)14-19(26-22(28)23(29)30)13-16-8-10-17(11-9-16)20-6-4-5-7-21(20)25;1-2-25-20(24)16(13-23)12-17(22)11-14-7-9-15(10-8-14)18-5-3-4-6-19(18)21/h4-11,18-19,27H,2-3,12-15H2,1H3,(H,26,28)(H,29,30);3-10,16-17,23H,2,11-13,22H2,1H3/t18-,19+;16-,17+/m00/s1. The Morgan fingerprint density at radius 1 is 0.684 bits per heavy atom. The molecule has 57 heavy (non-hydrogen) atoms. The minimum atomic E-state index is -1.64. The SMILES string of the molecule is CCCCOC(=O)[C@H](CO)C[C@@H](Cc1ccc(-c2ccccc2F)cc1)NC(=O)C(=O)O.CCOC(=O)[C@H](CO)C[C@H](N)Cc1ccc(-c2ccccc2F)cc1. The van der Waals surface area contributed by atoms with E-state index in [0.717, 1.165) is 23.1 Å². The molecule has 4 aromatic rings. The van der Waals surface area contributed by atoms with Crippen LogP contribution in [-0.2, 0) is 41.5 Å². The first-order valence-corrected chi connectivity index (χ1v) is 18.9. The highest BCUT2D eigenvalue weighted by atomic mass is 19.1. The van der Waals surface area contributed by atoms with Gasteiger partial charge in [-0.15, -0.1) is 0 Å². The van der Waals surface area contributed by atoms with Crippen molar-refractivity contribution < 1.29 is 52.8 Å². The molecule has 0 aromatic heterocycles. The Kier molecular flexibility index (Phi) is 19.5. The van der Waals surface area contributed by atoms with E-state index < -0.39 is 48.3 Å². The summed E-state index contributed by atoms with van der Waals surface area (Å²) in [5.74, 6) is -5.96. The molecule has 1 amide bonds. The van der Waals surface area contributed by atoms with E-state index in [0.29, 0.717) is 36.0 Å². The van der Waals surface area contributed by atoms with Gasteiger partial charge in [0.1, 0.15) is 11.6 Å². The second-order valence-electron chi connectivity index (χ2n) is 13.5. The summed E-state index contributed by atoms with van der Waals surface area (Å²) in [7, 11) is 0. The third-order valence-corrected chi connectivity index (χ3v) is 9.08. The van der Waals surface area contributed by atoms with Crippen molar-refractivity contribution in [2.75, 3.05) is 26.4 Å². The predicted molar refractivity (Wildman–Crippen MR) is 212 cm³/mol. The van der Waals surface area contributed by atoms with Crippen LogP contribution in [0.3, 0.4) is 0 Å². The van der Waals surface area contributed by atoms with Gasteiger partial charge in [0, 0.05) is 23.2 Å². The lowest BCUT2D eigenvalue weighted by molar-refractivity contribution is -0.152. The Hall–Kier alpha value is -5.50. The molecule has 13 heteroatoms. The van der Waals surface area contributed by atoms with Gasteiger partial charge in [-0.2, -0.15) is 0 Å². The average Bonchev–Trinajstić information content (AvgIpc) is 3.20. The lowest BCUT2D eigenvalue weighted by Gasteiger charge is -2.22. The van der Waals surface area contributed by atoms with Gasteiger partial charge in [0.25, 0.3) is 0 Å². The minimum Gasteiger partial charge on any atom is -0.474 e. The highest BCUT2D eigenvalue weighted by Gasteiger charge is 2.27. The molecule has 306 valence electrons. The van der Waals surface area contributed by atoms with Crippen LogP contribution in [0.5, 0.6) is 0 Å². The minimum absolute atomic E-state index is 0.00947. The summed E-state index contributed by atoms with van der Waals surface area (Å²) in [5, 5.41) is 30.3. The number of carbonyl (C=O) groups is 4. The molecule has 0 unspecified atom stereocenters. The highest BCUT2D eigenvalue weighted by molar-refractivity contribution is 6.31. The van der Waals surface area contributed by atoms with Crippen LogP contribution in [0.15, 0.2) is 97.1 Å². The molecule has 0 saturated carbocycles. The van der Waals surface area contributed by atoms with Crippen molar-refractivity contribution in [1.82, 2.24) is 5.32 Å².